The first kappa shape index (κ1) is 19.3. The van der Waals surface area contributed by atoms with E-state index >= 15 is 0 Å². The molecule has 6 heteroatoms. The number of allylic oxidation sites excluding steroid dienone is 1. The maximum Gasteiger partial charge on any atom is 0.446 e. The summed E-state index contributed by atoms with van der Waals surface area (Å²) in [6, 6.07) is 7.02. The molecule has 0 unspecified atom stereocenters. The lowest BCUT2D eigenvalue weighted by Gasteiger charge is -2.36. The Morgan fingerprint density at radius 2 is 1.92 bits per heavy atom. The second kappa shape index (κ2) is 9.49. The highest BCUT2D eigenvalue weighted by atomic mass is 32.2. The van der Waals surface area contributed by atoms with E-state index in [1.54, 1.807) is 12.1 Å². The molecule has 1 heterocycles. The van der Waals surface area contributed by atoms with Crippen LogP contribution < -0.4 is 5.32 Å². The van der Waals surface area contributed by atoms with Crippen molar-refractivity contribution in [2.75, 3.05) is 26.2 Å². The van der Waals surface area contributed by atoms with Gasteiger partial charge in [-0.05, 0) is 42.7 Å². The van der Waals surface area contributed by atoms with Crippen LogP contribution in [-0.4, -0.2) is 36.6 Å². The van der Waals surface area contributed by atoms with Crippen LogP contribution in [0.15, 0.2) is 41.8 Å². The SMILES string of the molecule is C=CCCCC[C@@H](c1ccccc1SC(F)(F)F)N1CCNCC1. The van der Waals surface area contributed by atoms with Crippen molar-refractivity contribution in [3.63, 3.8) is 0 Å². The molecule has 0 bridgehead atoms. The van der Waals surface area contributed by atoms with Crippen molar-refractivity contribution < 1.29 is 13.2 Å². The fourth-order valence-corrected chi connectivity index (χ4v) is 3.85. The molecule has 0 saturated carbocycles. The van der Waals surface area contributed by atoms with E-state index in [4.69, 9.17) is 0 Å². The number of hydrogen-bond donors (Lipinski definition) is 1. The Morgan fingerprint density at radius 1 is 1.21 bits per heavy atom. The number of rotatable bonds is 8. The molecule has 0 amide bonds. The van der Waals surface area contributed by atoms with Crippen LogP contribution in [0.3, 0.4) is 0 Å². The molecule has 1 fully saturated rings. The van der Waals surface area contributed by atoms with Crippen molar-refractivity contribution in [2.45, 2.75) is 42.1 Å². The van der Waals surface area contributed by atoms with Gasteiger partial charge in [-0.1, -0.05) is 30.7 Å². The Kier molecular flexibility index (Phi) is 7.65. The Bertz CT molecular complexity index is 513. The van der Waals surface area contributed by atoms with Crippen molar-refractivity contribution in [1.29, 1.82) is 0 Å². The standard InChI is InChI=1S/C18H25F3N2S/c1-2-3-4-5-9-16(23-13-11-22-12-14-23)15-8-6-7-10-17(15)24-18(19,20)21/h2,6-8,10,16,22H,1,3-5,9,11-14H2/t16-/m0/s1. The minimum Gasteiger partial charge on any atom is -0.314 e. The van der Waals surface area contributed by atoms with Crippen molar-refractivity contribution in [2.24, 2.45) is 0 Å². The number of hydrogen-bond acceptors (Lipinski definition) is 3. The predicted octanol–water partition coefficient (Wildman–Crippen LogP) is 4.99. The van der Waals surface area contributed by atoms with E-state index < -0.39 is 5.51 Å². The number of nitrogens with one attached hydrogen (secondary N) is 1. The minimum atomic E-state index is -4.26. The topological polar surface area (TPSA) is 15.3 Å². The lowest BCUT2D eigenvalue weighted by molar-refractivity contribution is -0.0328. The van der Waals surface area contributed by atoms with Crippen LogP contribution in [0.25, 0.3) is 0 Å². The van der Waals surface area contributed by atoms with Crippen molar-refractivity contribution in [1.82, 2.24) is 10.2 Å². The maximum absolute atomic E-state index is 12.9. The van der Waals surface area contributed by atoms with Gasteiger partial charge in [0.25, 0.3) is 0 Å². The van der Waals surface area contributed by atoms with Gasteiger partial charge in [-0.15, -0.1) is 6.58 Å². The van der Waals surface area contributed by atoms with Crippen molar-refractivity contribution >= 4 is 11.8 Å². The van der Waals surface area contributed by atoms with E-state index in [-0.39, 0.29) is 17.8 Å². The molecule has 1 aromatic rings. The molecule has 0 radical (unpaired) electrons. The summed E-state index contributed by atoms with van der Waals surface area (Å²) in [6.07, 6.45) is 5.75. The van der Waals surface area contributed by atoms with Crippen molar-refractivity contribution in [3.8, 4) is 0 Å². The summed E-state index contributed by atoms with van der Waals surface area (Å²) in [7, 11) is 0. The van der Waals surface area contributed by atoms with Gasteiger partial charge in [-0.25, -0.2) is 0 Å². The molecule has 134 valence electrons. The van der Waals surface area contributed by atoms with Crippen LogP contribution in [0.1, 0.15) is 37.3 Å². The van der Waals surface area contributed by atoms with Gasteiger partial charge in [0.2, 0.25) is 0 Å². The molecule has 1 saturated heterocycles. The Labute approximate surface area is 146 Å². The number of thioether (sulfide) groups is 1. The molecule has 1 aromatic carbocycles. The van der Waals surface area contributed by atoms with Gasteiger partial charge in [-0.2, -0.15) is 13.2 Å². The first-order valence-electron chi connectivity index (χ1n) is 8.41. The van der Waals surface area contributed by atoms with Gasteiger partial charge in [0, 0.05) is 37.1 Å². The molecule has 1 atom stereocenters. The monoisotopic (exact) mass is 358 g/mol. The minimum absolute atomic E-state index is 0.00495. The van der Waals surface area contributed by atoms with Gasteiger partial charge in [0.15, 0.2) is 0 Å². The maximum atomic E-state index is 12.9. The van der Waals surface area contributed by atoms with Crippen LogP contribution in [-0.2, 0) is 0 Å². The lowest BCUT2D eigenvalue weighted by Crippen LogP contribution is -2.45. The van der Waals surface area contributed by atoms with Crippen molar-refractivity contribution in [3.05, 3.63) is 42.5 Å². The number of nitrogens with zero attached hydrogens (tertiary/aromatic N) is 1. The largest absolute Gasteiger partial charge is 0.446 e. The second-order valence-electron chi connectivity index (χ2n) is 5.96. The highest BCUT2D eigenvalue weighted by Gasteiger charge is 2.32. The Hall–Kier alpha value is -0.980. The van der Waals surface area contributed by atoms with Crippen LogP contribution >= 0.6 is 11.8 Å². The first-order chi connectivity index (χ1) is 11.5. The summed E-state index contributed by atoms with van der Waals surface area (Å²) < 4.78 is 38.7. The number of piperazine rings is 1. The van der Waals surface area contributed by atoms with Gasteiger partial charge < -0.3 is 5.32 Å². The number of unbranched alkanes of at least 4 members (excludes halogenated alkanes) is 2. The third-order valence-corrected chi connectivity index (χ3v) is 5.06. The van der Waals surface area contributed by atoms with E-state index in [0.717, 1.165) is 57.4 Å². The number of alkyl halides is 3. The summed E-state index contributed by atoms with van der Waals surface area (Å²) in [5.41, 5.74) is -3.45. The fourth-order valence-electron chi connectivity index (χ4n) is 3.13. The highest BCUT2D eigenvalue weighted by Crippen LogP contribution is 2.42. The second-order valence-corrected chi connectivity index (χ2v) is 7.07. The average Bonchev–Trinajstić information content (AvgIpc) is 2.55. The lowest BCUT2D eigenvalue weighted by atomic mass is 9.98. The van der Waals surface area contributed by atoms with Crippen LogP contribution in [0.5, 0.6) is 0 Å². The smallest absolute Gasteiger partial charge is 0.314 e. The summed E-state index contributed by atoms with van der Waals surface area (Å²) >= 11 is 0.00495. The van der Waals surface area contributed by atoms with E-state index in [9.17, 15) is 13.2 Å². The zero-order chi connectivity index (χ0) is 17.4. The number of benzene rings is 1. The normalized spacial score (nSPS) is 17.6. The predicted molar refractivity (Wildman–Crippen MR) is 94.2 cm³/mol. The molecule has 1 aliphatic heterocycles. The fraction of sp³-hybridized carbons (Fsp3) is 0.556. The van der Waals surface area contributed by atoms with E-state index in [0.29, 0.717) is 4.90 Å². The quantitative estimate of drug-likeness (QED) is 0.400. The molecular weight excluding hydrogens is 333 g/mol. The molecule has 0 aliphatic carbocycles. The summed E-state index contributed by atoms with van der Waals surface area (Å²) in [5.74, 6) is 0. The van der Waals surface area contributed by atoms with Crippen LogP contribution in [0, 0.1) is 0 Å². The van der Waals surface area contributed by atoms with Crippen LogP contribution in [0.2, 0.25) is 0 Å². The van der Waals surface area contributed by atoms with E-state index in [1.165, 1.54) is 0 Å². The van der Waals surface area contributed by atoms with E-state index in [2.05, 4.69) is 16.8 Å². The molecule has 1 aliphatic rings. The number of halogens is 3. The third kappa shape index (κ3) is 6.15. The highest BCUT2D eigenvalue weighted by molar-refractivity contribution is 8.00. The van der Waals surface area contributed by atoms with Gasteiger partial charge in [0.05, 0.1) is 0 Å². The molecule has 1 N–H and O–H groups in total. The Morgan fingerprint density at radius 3 is 2.58 bits per heavy atom. The first-order valence-corrected chi connectivity index (χ1v) is 9.23. The molecule has 24 heavy (non-hydrogen) atoms. The Balaban J connectivity index is 2.19. The molecule has 0 spiro atoms. The average molecular weight is 358 g/mol. The summed E-state index contributed by atoms with van der Waals surface area (Å²) in [4.78, 5) is 2.65. The summed E-state index contributed by atoms with van der Waals surface area (Å²) in [5, 5.41) is 3.31. The molecule has 2 rings (SSSR count). The third-order valence-electron chi connectivity index (χ3n) is 4.23. The zero-order valence-corrected chi connectivity index (χ0v) is 14.6. The van der Waals surface area contributed by atoms with Crippen LogP contribution in [0.4, 0.5) is 13.2 Å². The molecule has 0 aromatic heterocycles. The van der Waals surface area contributed by atoms with Gasteiger partial charge in [-0.3, -0.25) is 4.90 Å². The molecule has 2 nitrogen and oxygen atoms in total. The summed E-state index contributed by atoms with van der Waals surface area (Å²) in [6.45, 7) is 7.25. The van der Waals surface area contributed by atoms with E-state index in [1.807, 2.05) is 18.2 Å². The zero-order valence-electron chi connectivity index (χ0n) is 13.8. The van der Waals surface area contributed by atoms with Gasteiger partial charge >= 0.3 is 5.51 Å². The van der Waals surface area contributed by atoms with Gasteiger partial charge in [0.1, 0.15) is 0 Å². The molecular formula is C18H25F3N2S.